The predicted octanol–water partition coefficient (Wildman–Crippen LogP) is 0.918. The molecule has 0 radical (unpaired) electrons. The maximum absolute atomic E-state index is 11.7. The Labute approximate surface area is 117 Å². The van der Waals surface area contributed by atoms with Crippen molar-refractivity contribution in [3.05, 3.63) is 34.2 Å². The summed E-state index contributed by atoms with van der Waals surface area (Å²) in [6, 6.07) is 3.44. The number of carboxylic acid groups (broad SMARTS) is 1. The fraction of sp³-hybridized carbons (Fsp3) is 0.500. The average molecular weight is 280 g/mol. The third-order valence-electron chi connectivity index (χ3n) is 2.91. The number of nitrogens with one attached hydrogen (secondary N) is 1. The average Bonchev–Trinajstić information content (AvgIpc) is 2.39. The first-order valence-corrected chi connectivity index (χ1v) is 6.65. The molecule has 0 aliphatic carbocycles. The first-order valence-electron chi connectivity index (χ1n) is 6.65. The van der Waals surface area contributed by atoms with E-state index in [4.69, 9.17) is 5.11 Å². The van der Waals surface area contributed by atoms with Gasteiger partial charge in [-0.25, -0.2) is 0 Å². The molecule has 1 aromatic rings. The van der Waals surface area contributed by atoms with Crippen molar-refractivity contribution in [2.24, 2.45) is 0 Å². The number of aliphatic carboxylic acids is 1. The van der Waals surface area contributed by atoms with E-state index < -0.39 is 5.97 Å². The van der Waals surface area contributed by atoms with Crippen LogP contribution in [0.1, 0.15) is 31.2 Å². The van der Waals surface area contributed by atoms with Crippen LogP contribution in [0.2, 0.25) is 0 Å². The van der Waals surface area contributed by atoms with Crippen molar-refractivity contribution in [2.75, 3.05) is 6.54 Å². The van der Waals surface area contributed by atoms with E-state index in [2.05, 4.69) is 5.32 Å². The highest BCUT2D eigenvalue weighted by Gasteiger charge is 2.05. The number of unbranched alkanes of at least 4 members (excludes halogenated alkanes) is 2. The molecule has 6 heteroatoms. The molecule has 20 heavy (non-hydrogen) atoms. The summed E-state index contributed by atoms with van der Waals surface area (Å²) in [5, 5.41) is 11.2. The van der Waals surface area contributed by atoms with Crippen LogP contribution in [0.25, 0.3) is 0 Å². The van der Waals surface area contributed by atoms with Gasteiger partial charge in [0.05, 0.1) is 0 Å². The Morgan fingerprint density at radius 3 is 2.75 bits per heavy atom. The molecule has 1 heterocycles. The molecule has 6 nitrogen and oxygen atoms in total. The van der Waals surface area contributed by atoms with Gasteiger partial charge in [0.2, 0.25) is 5.91 Å². The van der Waals surface area contributed by atoms with E-state index in [-0.39, 0.29) is 24.4 Å². The minimum Gasteiger partial charge on any atom is -0.481 e. The number of carboxylic acids is 1. The van der Waals surface area contributed by atoms with E-state index in [0.29, 0.717) is 18.5 Å². The van der Waals surface area contributed by atoms with Crippen molar-refractivity contribution in [1.29, 1.82) is 0 Å². The van der Waals surface area contributed by atoms with Crippen LogP contribution in [-0.2, 0) is 16.1 Å². The zero-order valence-electron chi connectivity index (χ0n) is 11.6. The number of carbonyl (C=O) groups excluding carboxylic acids is 1. The molecule has 1 aromatic heterocycles. The van der Waals surface area contributed by atoms with Gasteiger partial charge in [0, 0.05) is 24.7 Å². The number of hydrogen-bond acceptors (Lipinski definition) is 3. The highest BCUT2D eigenvalue weighted by molar-refractivity contribution is 5.75. The lowest BCUT2D eigenvalue weighted by Crippen LogP contribution is -2.33. The zero-order chi connectivity index (χ0) is 15.0. The Balaban J connectivity index is 2.25. The van der Waals surface area contributed by atoms with Gasteiger partial charge in [0.25, 0.3) is 5.56 Å². The zero-order valence-corrected chi connectivity index (χ0v) is 11.6. The van der Waals surface area contributed by atoms with Crippen molar-refractivity contribution in [1.82, 2.24) is 9.88 Å². The lowest BCUT2D eigenvalue weighted by atomic mass is 10.2. The number of pyridine rings is 1. The van der Waals surface area contributed by atoms with E-state index in [1.807, 2.05) is 0 Å². The van der Waals surface area contributed by atoms with Crippen LogP contribution in [0.4, 0.5) is 0 Å². The van der Waals surface area contributed by atoms with Crippen LogP contribution < -0.4 is 10.9 Å². The summed E-state index contributed by atoms with van der Waals surface area (Å²) < 4.78 is 1.37. The fourth-order valence-corrected chi connectivity index (χ4v) is 1.80. The Kier molecular flexibility index (Phi) is 6.49. The highest BCUT2D eigenvalue weighted by atomic mass is 16.4. The quantitative estimate of drug-likeness (QED) is 0.693. The second-order valence-electron chi connectivity index (χ2n) is 4.68. The summed E-state index contributed by atoms with van der Waals surface area (Å²) in [5.74, 6) is -1.01. The van der Waals surface area contributed by atoms with Crippen LogP contribution >= 0.6 is 0 Å². The van der Waals surface area contributed by atoms with E-state index in [1.165, 1.54) is 4.57 Å². The standard InChI is InChI=1S/C14H20N2O4/c1-11-6-5-9-16(14(11)20)10-12(17)15-8-4-2-3-7-13(18)19/h5-6,9H,2-4,7-8,10H2,1H3,(H,15,17)(H,18,19). The number of carbonyl (C=O) groups is 2. The topological polar surface area (TPSA) is 88.4 Å². The third-order valence-corrected chi connectivity index (χ3v) is 2.91. The Hall–Kier alpha value is -2.11. The van der Waals surface area contributed by atoms with Crippen LogP contribution in [-0.4, -0.2) is 28.1 Å². The molecule has 0 aliphatic heterocycles. The molecule has 0 bridgehead atoms. The molecule has 0 spiro atoms. The number of amides is 1. The molecule has 0 aromatic carbocycles. The minimum atomic E-state index is -0.798. The molecule has 110 valence electrons. The summed E-state index contributed by atoms with van der Waals surface area (Å²) in [6.45, 7) is 2.22. The number of aryl methyl sites for hydroxylation is 1. The predicted molar refractivity (Wildman–Crippen MR) is 74.6 cm³/mol. The number of hydrogen-bond donors (Lipinski definition) is 2. The third kappa shape index (κ3) is 5.69. The molecule has 0 saturated heterocycles. The molecule has 2 N–H and O–H groups in total. The van der Waals surface area contributed by atoms with Crippen LogP contribution in [0.5, 0.6) is 0 Å². The lowest BCUT2D eigenvalue weighted by molar-refractivity contribution is -0.137. The number of nitrogens with zero attached hydrogens (tertiary/aromatic N) is 1. The smallest absolute Gasteiger partial charge is 0.303 e. The summed E-state index contributed by atoms with van der Waals surface area (Å²) in [6.07, 6.45) is 3.86. The molecule has 0 unspecified atom stereocenters. The van der Waals surface area contributed by atoms with Gasteiger partial charge in [-0.2, -0.15) is 0 Å². The van der Waals surface area contributed by atoms with Crippen molar-refractivity contribution in [2.45, 2.75) is 39.2 Å². The maximum Gasteiger partial charge on any atom is 0.303 e. The second-order valence-corrected chi connectivity index (χ2v) is 4.68. The van der Waals surface area contributed by atoms with Gasteiger partial charge in [-0.05, 0) is 25.8 Å². The molecule has 0 atom stereocenters. The van der Waals surface area contributed by atoms with Gasteiger partial charge >= 0.3 is 5.97 Å². The largest absolute Gasteiger partial charge is 0.481 e. The van der Waals surface area contributed by atoms with Crippen LogP contribution in [0.3, 0.4) is 0 Å². The first kappa shape index (κ1) is 15.9. The van der Waals surface area contributed by atoms with Crippen molar-refractivity contribution in [3.63, 3.8) is 0 Å². The molecule has 0 aliphatic rings. The normalized spacial score (nSPS) is 10.2. The Bertz CT molecular complexity index is 522. The maximum atomic E-state index is 11.7. The Morgan fingerprint density at radius 2 is 2.05 bits per heavy atom. The van der Waals surface area contributed by atoms with Gasteiger partial charge < -0.3 is 15.0 Å². The summed E-state index contributed by atoms with van der Waals surface area (Å²) in [4.78, 5) is 33.7. The van der Waals surface area contributed by atoms with Crippen LogP contribution in [0, 0.1) is 6.92 Å². The van der Waals surface area contributed by atoms with E-state index >= 15 is 0 Å². The molecular formula is C14H20N2O4. The van der Waals surface area contributed by atoms with Gasteiger partial charge in [-0.1, -0.05) is 12.5 Å². The van der Waals surface area contributed by atoms with Gasteiger partial charge in [0.15, 0.2) is 0 Å². The van der Waals surface area contributed by atoms with Crippen molar-refractivity contribution >= 4 is 11.9 Å². The van der Waals surface area contributed by atoms with Crippen LogP contribution in [0.15, 0.2) is 23.1 Å². The summed E-state index contributed by atoms with van der Waals surface area (Å²) in [7, 11) is 0. The first-order chi connectivity index (χ1) is 9.50. The number of aromatic nitrogens is 1. The molecule has 0 fully saturated rings. The second kappa shape index (κ2) is 8.14. The van der Waals surface area contributed by atoms with E-state index in [0.717, 1.165) is 12.8 Å². The summed E-state index contributed by atoms with van der Waals surface area (Å²) >= 11 is 0. The fourth-order valence-electron chi connectivity index (χ4n) is 1.80. The molecule has 0 saturated carbocycles. The SMILES string of the molecule is Cc1cccn(CC(=O)NCCCCCC(=O)O)c1=O. The molecule has 1 amide bonds. The minimum absolute atomic E-state index is 0.00956. The van der Waals surface area contributed by atoms with Gasteiger partial charge in [-0.15, -0.1) is 0 Å². The van der Waals surface area contributed by atoms with E-state index in [1.54, 1.807) is 25.3 Å². The molecule has 1 rings (SSSR count). The summed E-state index contributed by atoms with van der Waals surface area (Å²) in [5.41, 5.74) is 0.443. The monoisotopic (exact) mass is 280 g/mol. The van der Waals surface area contributed by atoms with Crippen molar-refractivity contribution in [3.8, 4) is 0 Å². The van der Waals surface area contributed by atoms with E-state index in [9.17, 15) is 14.4 Å². The van der Waals surface area contributed by atoms with Gasteiger partial charge in [-0.3, -0.25) is 14.4 Å². The highest BCUT2D eigenvalue weighted by Crippen LogP contribution is 1.98. The Morgan fingerprint density at radius 1 is 1.30 bits per heavy atom. The molecular weight excluding hydrogens is 260 g/mol. The van der Waals surface area contributed by atoms with Gasteiger partial charge in [0.1, 0.15) is 6.54 Å². The lowest BCUT2D eigenvalue weighted by Gasteiger charge is -2.07. The van der Waals surface area contributed by atoms with Crippen molar-refractivity contribution < 1.29 is 14.7 Å². The number of rotatable bonds is 8.